The van der Waals surface area contributed by atoms with E-state index >= 15 is 0 Å². The highest BCUT2D eigenvalue weighted by atomic mass is 127. The number of aromatic nitrogens is 1. The quantitative estimate of drug-likeness (QED) is 0.372. The fourth-order valence-corrected chi connectivity index (χ4v) is 3.27. The van der Waals surface area contributed by atoms with Gasteiger partial charge in [-0.05, 0) is 46.5 Å². The van der Waals surface area contributed by atoms with Gasteiger partial charge in [0.2, 0.25) is 0 Å². The standard InChI is InChI=1S/C17H27F3N4O.HI/c1-4-21-16(22-9-8-15-11(2)24-25-12(15)3)23-14-7-5-6-13(10-14)17(18,19)20;/h13-14H,4-10H2,1-3H3,(H2,21,22,23);1H. The average Bonchev–Trinajstić information content (AvgIpc) is 2.86. The van der Waals surface area contributed by atoms with Gasteiger partial charge in [0.25, 0.3) is 0 Å². The summed E-state index contributed by atoms with van der Waals surface area (Å²) in [5.41, 5.74) is 1.89. The van der Waals surface area contributed by atoms with Crippen LogP contribution in [-0.4, -0.2) is 36.4 Å². The van der Waals surface area contributed by atoms with E-state index in [1.165, 1.54) is 0 Å². The molecule has 1 saturated carbocycles. The molecule has 2 unspecified atom stereocenters. The van der Waals surface area contributed by atoms with E-state index in [-0.39, 0.29) is 42.9 Å². The van der Waals surface area contributed by atoms with Gasteiger partial charge in [-0.3, -0.25) is 4.99 Å². The summed E-state index contributed by atoms with van der Waals surface area (Å²) in [6.45, 7) is 6.87. The number of guanidine groups is 1. The molecular weight excluding hydrogens is 460 g/mol. The molecule has 150 valence electrons. The first-order valence-corrected chi connectivity index (χ1v) is 8.84. The zero-order valence-corrected chi connectivity index (χ0v) is 17.8. The topological polar surface area (TPSA) is 62.5 Å². The van der Waals surface area contributed by atoms with Crippen LogP contribution in [-0.2, 0) is 6.42 Å². The van der Waals surface area contributed by atoms with Gasteiger partial charge in [0.15, 0.2) is 5.96 Å². The van der Waals surface area contributed by atoms with Crippen molar-refractivity contribution in [2.75, 3.05) is 13.1 Å². The average molecular weight is 488 g/mol. The van der Waals surface area contributed by atoms with Gasteiger partial charge in [-0.15, -0.1) is 24.0 Å². The summed E-state index contributed by atoms with van der Waals surface area (Å²) in [5, 5.41) is 10.2. The van der Waals surface area contributed by atoms with E-state index in [4.69, 9.17) is 4.52 Å². The number of hydrogen-bond acceptors (Lipinski definition) is 3. The van der Waals surface area contributed by atoms with Crippen LogP contribution < -0.4 is 10.6 Å². The monoisotopic (exact) mass is 488 g/mol. The third kappa shape index (κ3) is 6.62. The molecule has 1 fully saturated rings. The normalized spacial score (nSPS) is 21.2. The minimum atomic E-state index is -4.11. The fourth-order valence-electron chi connectivity index (χ4n) is 3.27. The highest BCUT2D eigenvalue weighted by Crippen LogP contribution is 2.37. The largest absolute Gasteiger partial charge is 0.391 e. The van der Waals surface area contributed by atoms with Crippen LogP contribution in [0.5, 0.6) is 0 Å². The third-order valence-electron chi connectivity index (χ3n) is 4.64. The van der Waals surface area contributed by atoms with Crippen molar-refractivity contribution in [3.05, 3.63) is 17.0 Å². The van der Waals surface area contributed by atoms with E-state index in [9.17, 15) is 13.2 Å². The first kappa shape index (κ1) is 23.0. The minimum Gasteiger partial charge on any atom is -0.361 e. The van der Waals surface area contributed by atoms with Crippen molar-refractivity contribution in [1.29, 1.82) is 0 Å². The highest BCUT2D eigenvalue weighted by Gasteiger charge is 2.42. The van der Waals surface area contributed by atoms with Crippen LogP contribution in [0.1, 0.15) is 49.6 Å². The molecular formula is C17H28F3IN4O. The summed E-state index contributed by atoms with van der Waals surface area (Å²) < 4.78 is 44.0. The lowest BCUT2D eigenvalue weighted by atomic mass is 9.85. The first-order chi connectivity index (χ1) is 11.8. The molecule has 2 atom stereocenters. The molecule has 0 radical (unpaired) electrons. The highest BCUT2D eigenvalue weighted by molar-refractivity contribution is 14.0. The van der Waals surface area contributed by atoms with Gasteiger partial charge in [0.1, 0.15) is 5.76 Å². The number of nitrogens with one attached hydrogen (secondary N) is 2. The lowest BCUT2D eigenvalue weighted by Crippen LogP contribution is -2.46. The molecule has 0 bridgehead atoms. The lowest BCUT2D eigenvalue weighted by molar-refractivity contribution is -0.183. The van der Waals surface area contributed by atoms with Crippen molar-refractivity contribution in [3.8, 4) is 0 Å². The van der Waals surface area contributed by atoms with Gasteiger partial charge < -0.3 is 15.2 Å². The second-order valence-electron chi connectivity index (χ2n) is 6.56. The maximum atomic E-state index is 12.9. The van der Waals surface area contributed by atoms with E-state index in [1.54, 1.807) is 0 Å². The maximum absolute atomic E-state index is 12.9. The summed E-state index contributed by atoms with van der Waals surface area (Å²) in [6, 6.07) is -0.197. The van der Waals surface area contributed by atoms with E-state index in [2.05, 4.69) is 20.8 Å². The van der Waals surface area contributed by atoms with Crippen LogP contribution in [0.3, 0.4) is 0 Å². The van der Waals surface area contributed by atoms with E-state index in [1.807, 2.05) is 20.8 Å². The summed E-state index contributed by atoms with van der Waals surface area (Å²) in [6.07, 6.45) is -1.77. The molecule has 0 aromatic carbocycles. The molecule has 0 saturated heterocycles. The van der Waals surface area contributed by atoms with Crippen molar-refractivity contribution in [3.63, 3.8) is 0 Å². The molecule has 1 aromatic rings. The Labute approximate surface area is 169 Å². The van der Waals surface area contributed by atoms with Gasteiger partial charge in [-0.25, -0.2) is 0 Å². The van der Waals surface area contributed by atoms with Crippen molar-refractivity contribution in [1.82, 2.24) is 15.8 Å². The summed E-state index contributed by atoms with van der Waals surface area (Å²) in [7, 11) is 0. The van der Waals surface area contributed by atoms with Gasteiger partial charge in [0.05, 0.1) is 11.6 Å². The Morgan fingerprint density at radius 3 is 2.62 bits per heavy atom. The molecule has 26 heavy (non-hydrogen) atoms. The Kier molecular flexibility index (Phi) is 9.18. The number of aliphatic imine (C=N–C) groups is 1. The fraction of sp³-hybridized carbons (Fsp3) is 0.765. The summed E-state index contributed by atoms with van der Waals surface area (Å²) in [5.74, 6) is 0.136. The van der Waals surface area contributed by atoms with Gasteiger partial charge in [0, 0.05) is 24.7 Å². The minimum absolute atomic E-state index is 0. The molecule has 0 aliphatic heterocycles. The lowest BCUT2D eigenvalue weighted by Gasteiger charge is -2.31. The van der Waals surface area contributed by atoms with E-state index in [0.29, 0.717) is 31.9 Å². The first-order valence-electron chi connectivity index (χ1n) is 8.84. The molecule has 1 aromatic heterocycles. The second-order valence-corrected chi connectivity index (χ2v) is 6.56. The Hall–Kier alpha value is -1.00. The SMILES string of the molecule is CCNC(=NCCc1c(C)noc1C)NC1CCCC(C(F)(F)F)C1.I. The molecule has 1 aliphatic rings. The van der Waals surface area contributed by atoms with Crippen LogP contribution in [0.15, 0.2) is 9.52 Å². The smallest absolute Gasteiger partial charge is 0.361 e. The number of aryl methyl sites for hydroxylation is 2. The van der Waals surface area contributed by atoms with Crippen LogP contribution in [0.25, 0.3) is 0 Å². The van der Waals surface area contributed by atoms with E-state index in [0.717, 1.165) is 23.4 Å². The molecule has 0 amide bonds. The maximum Gasteiger partial charge on any atom is 0.391 e. The van der Waals surface area contributed by atoms with Gasteiger partial charge in [-0.2, -0.15) is 13.2 Å². The Morgan fingerprint density at radius 1 is 1.31 bits per heavy atom. The Morgan fingerprint density at radius 2 is 2.04 bits per heavy atom. The molecule has 1 heterocycles. The summed E-state index contributed by atoms with van der Waals surface area (Å²) in [4.78, 5) is 4.50. The number of hydrogen-bond donors (Lipinski definition) is 2. The molecule has 2 N–H and O–H groups in total. The zero-order valence-electron chi connectivity index (χ0n) is 15.4. The van der Waals surface area contributed by atoms with Crippen LogP contribution >= 0.6 is 24.0 Å². The van der Waals surface area contributed by atoms with Crippen molar-refractivity contribution in [2.24, 2.45) is 10.9 Å². The third-order valence-corrected chi connectivity index (χ3v) is 4.64. The predicted molar refractivity (Wildman–Crippen MR) is 106 cm³/mol. The molecule has 1 aliphatic carbocycles. The number of rotatable bonds is 5. The molecule has 9 heteroatoms. The molecule has 2 rings (SSSR count). The van der Waals surface area contributed by atoms with Gasteiger partial charge >= 0.3 is 6.18 Å². The second kappa shape index (κ2) is 10.4. The predicted octanol–water partition coefficient (Wildman–Crippen LogP) is 4.13. The van der Waals surface area contributed by atoms with Crippen LogP contribution in [0.2, 0.25) is 0 Å². The number of nitrogens with zero attached hydrogens (tertiary/aromatic N) is 2. The number of halogens is 4. The van der Waals surface area contributed by atoms with Gasteiger partial charge in [-0.1, -0.05) is 11.6 Å². The zero-order chi connectivity index (χ0) is 18.4. The summed E-state index contributed by atoms with van der Waals surface area (Å²) >= 11 is 0. The Balaban J connectivity index is 0.00000338. The Bertz CT molecular complexity index is 570. The van der Waals surface area contributed by atoms with Crippen LogP contribution in [0, 0.1) is 19.8 Å². The van der Waals surface area contributed by atoms with Crippen molar-refractivity contribution >= 4 is 29.9 Å². The van der Waals surface area contributed by atoms with E-state index < -0.39 is 12.1 Å². The molecule has 5 nitrogen and oxygen atoms in total. The van der Waals surface area contributed by atoms with Crippen molar-refractivity contribution < 1.29 is 17.7 Å². The number of alkyl halides is 3. The van der Waals surface area contributed by atoms with Crippen molar-refractivity contribution in [2.45, 2.75) is 65.1 Å². The van der Waals surface area contributed by atoms with Crippen LogP contribution in [0.4, 0.5) is 13.2 Å². The molecule has 0 spiro atoms.